The maximum absolute atomic E-state index is 12.3. The Labute approximate surface area is 151 Å². The average Bonchev–Trinajstić information content (AvgIpc) is 2.90. The zero-order valence-electron chi connectivity index (χ0n) is 15.2. The number of ether oxygens (including phenoxy) is 2. The number of anilines is 1. The zero-order chi connectivity index (χ0) is 18.8. The summed E-state index contributed by atoms with van der Waals surface area (Å²) in [5.74, 6) is -0.662. The van der Waals surface area contributed by atoms with Crippen LogP contribution in [0.5, 0.6) is 0 Å². The molecule has 0 atom stereocenters. The molecule has 0 aliphatic carbocycles. The van der Waals surface area contributed by atoms with Gasteiger partial charge in [-0.05, 0) is 18.9 Å². The molecule has 2 amide bonds. The van der Waals surface area contributed by atoms with Gasteiger partial charge in [0.05, 0.1) is 25.8 Å². The highest BCUT2D eigenvalue weighted by atomic mass is 32.1. The van der Waals surface area contributed by atoms with E-state index in [9.17, 15) is 14.4 Å². The monoisotopic (exact) mass is 368 g/mol. The molecule has 7 nitrogen and oxygen atoms in total. The fourth-order valence-electron chi connectivity index (χ4n) is 2.47. The molecule has 8 heteroatoms. The standard InChI is InChI=1S/C17H24N2O5S/c1-6-24-16(22)19-8-7-10-11(9-19)25-13(12(10)14(20)23-5)18-15(21)17(2,3)4/h6-9H2,1-5H3,(H,18,21). The molecule has 25 heavy (non-hydrogen) atoms. The topological polar surface area (TPSA) is 84.9 Å². The van der Waals surface area contributed by atoms with E-state index in [1.54, 1.807) is 32.6 Å². The van der Waals surface area contributed by atoms with Gasteiger partial charge in [-0.1, -0.05) is 20.8 Å². The summed E-state index contributed by atoms with van der Waals surface area (Å²) >= 11 is 1.31. The SMILES string of the molecule is CCOC(=O)N1CCc2c(sc(NC(=O)C(C)(C)C)c2C(=O)OC)C1. The first-order valence-electron chi connectivity index (χ1n) is 8.15. The van der Waals surface area contributed by atoms with Gasteiger partial charge in [0.1, 0.15) is 5.00 Å². The van der Waals surface area contributed by atoms with E-state index in [1.807, 2.05) is 0 Å². The number of hydrogen-bond donors (Lipinski definition) is 1. The number of amides is 2. The van der Waals surface area contributed by atoms with Gasteiger partial charge in [0, 0.05) is 16.8 Å². The third-order valence-corrected chi connectivity index (χ3v) is 5.01. The number of carbonyl (C=O) groups excluding carboxylic acids is 3. The van der Waals surface area contributed by atoms with E-state index in [4.69, 9.17) is 9.47 Å². The summed E-state index contributed by atoms with van der Waals surface area (Å²) in [6.07, 6.45) is 0.141. The summed E-state index contributed by atoms with van der Waals surface area (Å²) in [5.41, 5.74) is 0.639. The first-order chi connectivity index (χ1) is 11.7. The minimum Gasteiger partial charge on any atom is -0.465 e. The van der Waals surface area contributed by atoms with Crippen molar-refractivity contribution in [3.05, 3.63) is 16.0 Å². The van der Waals surface area contributed by atoms with Crippen LogP contribution in [0.3, 0.4) is 0 Å². The summed E-state index contributed by atoms with van der Waals surface area (Å²) < 4.78 is 9.93. The highest BCUT2D eigenvalue weighted by Gasteiger charge is 2.32. The molecular formula is C17H24N2O5S. The number of nitrogens with one attached hydrogen (secondary N) is 1. The van der Waals surface area contributed by atoms with Crippen LogP contribution in [0.2, 0.25) is 0 Å². The minimum absolute atomic E-state index is 0.182. The van der Waals surface area contributed by atoms with E-state index in [-0.39, 0.29) is 12.0 Å². The van der Waals surface area contributed by atoms with Gasteiger partial charge in [0.25, 0.3) is 0 Å². The van der Waals surface area contributed by atoms with Crippen LogP contribution in [0, 0.1) is 5.41 Å². The quantitative estimate of drug-likeness (QED) is 0.829. The molecule has 0 spiro atoms. The second kappa shape index (κ2) is 7.43. The van der Waals surface area contributed by atoms with Crippen molar-refractivity contribution in [2.24, 2.45) is 5.41 Å². The lowest BCUT2D eigenvalue weighted by molar-refractivity contribution is -0.123. The first kappa shape index (κ1) is 19.2. The van der Waals surface area contributed by atoms with Gasteiger partial charge in [-0.25, -0.2) is 9.59 Å². The maximum atomic E-state index is 12.3. The number of nitrogens with zero attached hydrogens (tertiary/aromatic N) is 1. The second-order valence-electron chi connectivity index (χ2n) is 6.77. The number of esters is 1. The predicted octanol–water partition coefficient (Wildman–Crippen LogP) is 3.03. The Bertz CT molecular complexity index is 690. The van der Waals surface area contributed by atoms with Gasteiger partial charge in [-0.3, -0.25) is 4.79 Å². The van der Waals surface area contributed by atoms with Gasteiger partial charge >= 0.3 is 12.1 Å². The van der Waals surface area contributed by atoms with Crippen LogP contribution in [-0.4, -0.2) is 43.1 Å². The molecule has 0 saturated carbocycles. The molecule has 2 heterocycles. The summed E-state index contributed by atoms with van der Waals surface area (Å²) in [6, 6.07) is 0. The largest absolute Gasteiger partial charge is 0.465 e. The molecule has 0 radical (unpaired) electrons. The summed E-state index contributed by atoms with van der Waals surface area (Å²) in [6.45, 7) is 8.29. The van der Waals surface area contributed by atoms with Gasteiger partial charge < -0.3 is 19.7 Å². The molecular weight excluding hydrogens is 344 g/mol. The fourth-order valence-corrected chi connectivity index (χ4v) is 3.72. The van der Waals surface area contributed by atoms with Crippen LogP contribution >= 0.6 is 11.3 Å². The molecule has 0 fully saturated rings. The lowest BCUT2D eigenvalue weighted by Gasteiger charge is -2.26. The molecule has 1 aromatic rings. The van der Waals surface area contributed by atoms with E-state index in [0.29, 0.717) is 36.7 Å². The van der Waals surface area contributed by atoms with E-state index in [0.717, 1.165) is 10.4 Å². The Hall–Kier alpha value is -2.09. The third kappa shape index (κ3) is 4.12. The van der Waals surface area contributed by atoms with Crippen molar-refractivity contribution >= 4 is 34.3 Å². The Kier molecular flexibility index (Phi) is 5.72. The number of fused-ring (bicyclic) bond motifs is 1. The molecule has 138 valence electrons. The van der Waals surface area contributed by atoms with Crippen molar-refractivity contribution in [2.45, 2.75) is 40.7 Å². The number of thiophene rings is 1. The smallest absolute Gasteiger partial charge is 0.410 e. The summed E-state index contributed by atoms with van der Waals surface area (Å²) in [7, 11) is 1.31. The van der Waals surface area contributed by atoms with Gasteiger partial charge in [-0.15, -0.1) is 11.3 Å². The highest BCUT2D eigenvalue weighted by molar-refractivity contribution is 7.17. The van der Waals surface area contributed by atoms with E-state index in [2.05, 4.69) is 5.32 Å². The van der Waals surface area contributed by atoms with E-state index < -0.39 is 11.4 Å². The van der Waals surface area contributed by atoms with Crippen LogP contribution in [0.25, 0.3) is 0 Å². The van der Waals surface area contributed by atoms with Crippen LogP contribution in [0.15, 0.2) is 0 Å². The van der Waals surface area contributed by atoms with Crippen molar-refractivity contribution in [2.75, 3.05) is 25.6 Å². The van der Waals surface area contributed by atoms with Crippen molar-refractivity contribution < 1.29 is 23.9 Å². The van der Waals surface area contributed by atoms with Crippen LogP contribution in [0.1, 0.15) is 48.5 Å². The Morgan fingerprint density at radius 2 is 1.96 bits per heavy atom. The van der Waals surface area contributed by atoms with Crippen molar-refractivity contribution in [1.82, 2.24) is 4.90 Å². The molecule has 2 rings (SSSR count). The lowest BCUT2D eigenvalue weighted by Crippen LogP contribution is -2.36. The minimum atomic E-state index is -0.588. The van der Waals surface area contributed by atoms with E-state index in [1.165, 1.54) is 18.4 Å². The van der Waals surface area contributed by atoms with Gasteiger partial charge in [0.2, 0.25) is 5.91 Å². The molecule has 0 unspecified atom stereocenters. The van der Waals surface area contributed by atoms with Crippen molar-refractivity contribution in [3.63, 3.8) is 0 Å². The zero-order valence-corrected chi connectivity index (χ0v) is 16.0. The fraction of sp³-hybridized carbons (Fsp3) is 0.588. The Balaban J connectivity index is 2.35. The summed E-state index contributed by atoms with van der Waals surface area (Å²) in [4.78, 5) is 39.0. The number of rotatable bonds is 3. The lowest BCUT2D eigenvalue weighted by atomic mass is 9.95. The molecule has 1 aromatic heterocycles. The molecule has 0 bridgehead atoms. The maximum Gasteiger partial charge on any atom is 0.410 e. The number of methoxy groups -OCH3 is 1. The second-order valence-corrected chi connectivity index (χ2v) is 7.88. The average molecular weight is 368 g/mol. The molecule has 0 aromatic carbocycles. The van der Waals surface area contributed by atoms with Crippen LogP contribution < -0.4 is 5.32 Å². The van der Waals surface area contributed by atoms with Crippen molar-refractivity contribution in [3.8, 4) is 0 Å². The van der Waals surface area contributed by atoms with Crippen LogP contribution in [0.4, 0.5) is 9.80 Å². The van der Waals surface area contributed by atoms with E-state index >= 15 is 0 Å². The normalized spacial score (nSPS) is 13.9. The summed E-state index contributed by atoms with van der Waals surface area (Å²) in [5, 5.41) is 3.31. The third-order valence-electron chi connectivity index (χ3n) is 3.88. The van der Waals surface area contributed by atoms with Crippen molar-refractivity contribution in [1.29, 1.82) is 0 Å². The first-order valence-corrected chi connectivity index (χ1v) is 8.96. The van der Waals surface area contributed by atoms with Gasteiger partial charge in [0.15, 0.2) is 0 Å². The Morgan fingerprint density at radius 3 is 2.52 bits per heavy atom. The highest BCUT2D eigenvalue weighted by Crippen LogP contribution is 2.38. The van der Waals surface area contributed by atoms with Crippen LogP contribution in [-0.2, 0) is 27.2 Å². The number of hydrogen-bond acceptors (Lipinski definition) is 6. The Morgan fingerprint density at radius 1 is 1.28 bits per heavy atom. The predicted molar refractivity (Wildman–Crippen MR) is 94.9 cm³/mol. The number of carbonyl (C=O) groups is 3. The van der Waals surface area contributed by atoms with Gasteiger partial charge in [-0.2, -0.15) is 0 Å². The molecule has 1 aliphatic rings. The molecule has 1 N–H and O–H groups in total. The molecule has 1 aliphatic heterocycles. The molecule has 0 saturated heterocycles.